The topological polar surface area (TPSA) is 101 Å². The largest absolute Gasteiger partial charge is 0.336 e. The van der Waals surface area contributed by atoms with Gasteiger partial charge in [0.05, 0.1) is 15.5 Å². The van der Waals surface area contributed by atoms with E-state index in [-0.39, 0.29) is 27.9 Å². The van der Waals surface area contributed by atoms with E-state index in [1.807, 2.05) is 13.8 Å². The standard InChI is InChI=1S/C21H24ClN3O5S/c1-15-7-6-8-16(2)24(15)21(26)14-23(17-9-4-3-5-10-17)31(29,30)18-11-12-19(22)20(13-18)25(27)28/h3-5,9-13,15-16H,6-8,14H2,1-2H3. The van der Waals surface area contributed by atoms with Crippen LogP contribution in [-0.2, 0) is 14.8 Å². The van der Waals surface area contributed by atoms with E-state index >= 15 is 0 Å². The lowest BCUT2D eigenvalue weighted by atomic mass is 9.97. The van der Waals surface area contributed by atoms with Gasteiger partial charge in [0.2, 0.25) is 5.91 Å². The third kappa shape index (κ3) is 4.83. The predicted octanol–water partition coefficient (Wildman–Crippen LogP) is 4.23. The Balaban J connectivity index is 2.03. The Morgan fingerprint density at radius 3 is 2.35 bits per heavy atom. The van der Waals surface area contributed by atoms with Crippen molar-refractivity contribution in [2.75, 3.05) is 10.8 Å². The highest BCUT2D eigenvalue weighted by molar-refractivity contribution is 7.92. The predicted molar refractivity (Wildman–Crippen MR) is 119 cm³/mol. The highest BCUT2D eigenvalue weighted by Gasteiger charge is 2.34. The molecule has 0 saturated carbocycles. The minimum atomic E-state index is -4.27. The summed E-state index contributed by atoms with van der Waals surface area (Å²) in [5.74, 6) is -0.310. The van der Waals surface area contributed by atoms with Crippen molar-refractivity contribution in [3.8, 4) is 0 Å². The summed E-state index contributed by atoms with van der Waals surface area (Å²) >= 11 is 5.84. The van der Waals surface area contributed by atoms with Crippen LogP contribution in [0.4, 0.5) is 11.4 Å². The molecule has 0 N–H and O–H groups in total. The number of nitrogens with zero attached hydrogens (tertiary/aromatic N) is 3. The van der Waals surface area contributed by atoms with Crippen LogP contribution in [-0.4, -0.2) is 42.8 Å². The quantitative estimate of drug-likeness (QED) is 0.469. The maximum absolute atomic E-state index is 13.5. The Morgan fingerprint density at radius 1 is 1.16 bits per heavy atom. The molecular weight excluding hydrogens is 442 g/mol. The van der Waals surface area contributed by atoms with E-state index < -0.39 is 27.2 Å². The molecule has 10 heteroatoms. The second kappa shape index (κ2) is 9.23. The average molecular weight is 466 g/mol. The van der Waals surface area contributed by atoms with Crippen molar-refractivity contribution in [3.05, 3.63) is 63.7 Å². The first-order chi connectivity index (χ1) is 14.6. The summed E-state index contributed by atoms with van der Waals surface area (Å²) in [4.78, 5) is 25.1. The average Bonchev–Trinajstić information content (AvgIpc) is 2.72. The van der Waals surface area contributed by atoms with Gasteiger partial charge in [0.25, 0.3) is 15.7 Å². The summed E-state index contributed by atoms with van der Waals surface area (Å²) < 4.78 is 28.0. The van der Waals surface area contributed by atoms with E-state index in [1.165, 1.54) is 12.1 Å². The zero-order valence-corrected chi connectivity index (χ0v) is 18.8. The molecule has 2 aromatic carbocycles. The molecule has 1 heterocycles. The lowest BCUT2D eigenvalue weighted by molar-refractivity contribution is -0.384. The van der Waals surface area contributed by atoms with Crippen LogP contribution in [0.15, 0.2) is 53.4 Å². The number of hydrogen-bond acceptors (Lipinski definition) is 5. The minimum Gasteiger partial charge on any atom is -0.336 e. The van der Waals surface area contributed by atoms with Gasteiger partial charge in [-0.2, -0.15) is 0 Å². The number of nitro groups is 1. The second-order valence-electron chi connectivity index (χ2n) is 7.65. The van der Waals surface area contributed by atoms with Crippen LogP contribution >= 0.6 is 11.6 Å². The van der Waals surface area contributed by atoms with Crippen molar-refractivity contribution in [1.82, 2.24) is 4.90 Å². The third-order valence-electron chi connectivity index (χ3n) is 5.51. The van der Waals surface area contributed by atoms with Gasteiger partial charge in [0, 0.05) is 18.2 Å². The van der Waals surface area contributed by atoms with Crippen molar-refractivity contribution in [3.63, 3.8) is 0 Å². The summed E-state index contributed by atoms with van der Waals surface area (Å²) in [7, 11) is -4.27. The summed E-state index contributed by atoms with van der Waals surface area (Å²) in [6, 6.07) is 11.5. The van der Waals surface area contributed by atoms with Gasteiger partial charge >= 0.3 is 0 Å². The molecule has 2 aromatic rings. The van der Waals surface area contributed by atoms with E-state index in [1.54, 1.807) is 35.2 Å². The highest BCUT2D eigenvalue weighted by atomic mass is 35.5. The minimum absolute atomic E-state index is 0.00759. The van der Waals surface area contributed by atoms with Gasteiger partial charge in [-0.15, -0.1) is 0 Å². The van der Waals surface area contributed by atoms with Gasteiger partial charge in [-0.1, -0.05) is 29.8 Å². The fourth-order valence-electron chi connectivity index (χ4n) is 3.95. The Kier molecular flexibility index (Phi) is 6.86. The van der Waals surface area contributed by atoms with Crippen molar-refractivity contribution >= 4 is 38.9 Å². The Bertz CT molecular complexity index is 1070. The fraction of sp³-hybridized carbons (Fsp3) is 0.381. The van der Waals surface area contributed by atoms with E-state index in [0.29, 0.717) is 5.69 Å². The Labute approximate surface area is 186 Å². The molecule has 1 aliphatic rings. The summed E-state index contributed by atoms with van der Waals surface area (Å²) in [6.45, 7) is 3.51. The first-order valence-electron chi connectivity index (χ1n) is 9.96. The van der Waals surface area contributed by atoms with Crippen LogP contribution in [0.1, 0.15) is 33.1 Å². The lowest BCUT2D eigenvalue weighted by Crippen LogP contribution is -2.52. The van der Waals surface area contributed by atoms with Gasteiger partial charge in [-0.3, -0.25) is 19.2 Å². The molecule has 8 nitrogen and oxygen atoms in total. The van der Waals surface area contributed by atoms with Crippen molar-refractivity contribution < 1.29 is 18.1 Å². The molecule has 3 rings (SSSR count). The van der Waals surface area contributed by atoms with Crippen molar-refractivity contribution in [2.24, 2.45) is 0 Å². The monoisotopic (exact) mass is 465 g/mol. The van der Waals surface area contributed by atoms with Crippen LogP contribution in [0.5, 0.6) is 0 Å². The smallest absolute Gasteiger partial charge is 0.289 e. The number of carbonyl (C=O) groups is 1. The van der Waals surface area contributed by atoms with Crippen molar-refractivity contribution in [1.29, 1.82) is 0 Å². The maximum Gasteiger partial charge on any atom is 0.289 e. The zero-order chi connectivity index (χ0) is 22.8. The number of hydrogen-bond donors (Lipinski definition) is 0. The molecule has 1 saturated heterocycles. The molecule has 2 atom stereocenters. The zero-order valence-electron chi connectivity index (χ0n) is 17.3. The van der Waals surface area contributed by atoms with Gasteiger partial charge in [-0.05, 0) is 57.4 Å². The fourth-order valence-corrected chi connectivity index (χ4v) is 5.57. The molecule has 0 radical (unpaired) electrons. The van der Waals surface area contributed by atoms with Crippen LogP contribution in [0, 0.1) is 10.1 Å². The third-order valence-corrected chi connectivity index (χ3v) is 7.60. The molecule has 1 fully saturated rings. The number of anilines is 1. The number of amides is 1. The number of piperidine rings is 1. The summed E-state index contributed by atoms with van der Waals surface area (Å²) in [5.41, 5.74) is -0.217. The number of carbonyl (C=O) groups excluding carboxylic acids is 1. The van der Waals surface area contributed by atoms with Gasteiger partial charge in [-0.25, -0.2) is 8.42 Å². The number of benzene rings is 2. The second-order valence-corrected chi connectivity index (χ2v) is 9.92. The van der Waals surface area contributed by atoms with Crippen LogP contribution in [0.2, 0.25) is 5.02 Å². The van der Waals surface area contributed by atoms with Crippen LogP contribution < -0.4 is 4.31 Å². The van der Waals surface area contributed by atoms with E-state index in [2.05, 4.69) is 0 Å². The number of sulfonamides is 1. The first-order valence-corrected chi connectivity index (χ1v) is 11.8. The number of nitro benzene ring substituents is 1. The number of likely N-dealkylation sites (tertiary alicyclic amines) is 1. The molecular formula is C21H24ClN3O5S. The molecule has 0 aromatic heterocycles. The number of halogens is 1. The van der Waals surface area contributed by atoms with E-state index in [0.717, 1.165) is 29.6 Å². The van der Waals surface area contributed by atoms with Crippen LogP contribution in [0.3, 0.4) is 0 Å². The number of rotatable bonds is 6. The molecule has 0 bridgehead atoms. The lowest BCUT2D eigenvalue weighted by Gasteiger charge is -2.40. The SMILES string of the molecule is CC1CCCC(C)N1C(=O)CN(c1ccccc1)S(=O)(=O)c1ccc(Cl)c([N+](=O)[O-])c1. The molecule has 1 aliphatic heterocycles. The Hall–Kier alpha value is -2.65. The van der Waals surface area contributed by atoms with Gasteiger partial charge < -0.3 is 4.90 Å². The first kappa shape index (κ1) is 23.0. The van der Waals surface area contributed by atoms with Crippen molar-refractivity contribution in [2.45, 2.75) is 50.1 Å². The summed E-state index contributed by atoms with van der Waals surface area (Å²) in [5, 5.41) is 11.1. The molecule has 0 spiro atoms. The summed E-state index contributed by atoms with van der Waals surface area (Å²) in [6.07, 6.45) is 2.73. The molecule has 31 heavy (non-hydrogen) atoms. The Morgan fingerprint density at radius 2 is 1.77 bits per heavy atom. The van der Waals surface area contributed by atoms with E-state index in [4.69, 9.17) is 11.6 Å². The molecule has 166 valence electrons. The normalized spacial score (nSPS) is 19.1. The van der Waals surface area contributed by atoms with Crippen LogP contribution in [0.25, 0.3) is 0 Å². The molecule has 1 amide bonds. The van der Waals surface area contributed by atoms with Gasteiger partial charge in [0.1, 0.15) is 11.6 Å². The van der Waals surface area contributed by atoms with Gasteiger partial charge in [0.15, 0.2) is 0 Å². The molecule has 2 unspecified atom stereocenters. The maximum atomic E-state index is 13.5. The highest BCUT2D eigenvalue weighted by Crippen LogP contribution is 2.31. The van der Waals surface area contributed by atoms with E-state index in [9.17, 15) is 23.3 Å². The number of para-hydroxylation sites is 1. The molecule has 0 aliphatic carbocycles.